The lowest BCUT2D eigenvalue weighted by atomic mass is 10.1. The van der Waals surface area contributed by atoms with E-state index in [1.54, 1.807) is 0 Å². The Hall–Kier alpha value is -2.16. The predicted octanol–water partition coefficient (Wildman–Crippen LogP) is 4.83. The first kappa shape index (κ1) is 17.2. The van der Waals surface area contributed by atoms with Crippen LogP contribution in [0, 0.1) is 19.8 Å². The zero-order valence-electron chi connectivity index (χ0n) is 14.6. The Bertz CT molecular complexity index is 606. The van der Waals surface area contributed by atoms with E-state index in [0.29, 0.717) is 12.5 Å². The van der Waals surface area contributed by atoms with Crippen LogP contribution in [0.1, 0.15) is 25.0 Å². The van der Waals surface area contributed by atoms with Gasteiger partial charge in [0.05, 0.1) is 6.61 Å². The highest BCUT2D eigenvalue weighted by Gasteiger charge is 1.99. The van der Waals surface area contributed by atoms with Gasteiger partial charge in [0.1, 0.15) is 18.1 Å². The quantitative estimate of drug-likeness (QED) is 0.708. The number of nitrogens with one attached hydrogen (secondary N) is 1. The van der Waals surface area contributed by atoms with Gasteiger partial charge in [-0.2, -0.15) is 0 Å². The summed E-state index contributed by atoms with van der Waals surface area (Å²) in [7, 11) is 0. The molecule has 3 nitrogen and oxygen atoms in total. The summed E-state index contributed by atoms with van der Waals surface area (Å²) in [6, 6.07) is 14.2. The summed E-state index contributed by atoms with van der Waals surface area (Å²) in [4.78, 5) is 0. The van der Waals surface area contributed by atoms with Crippen LogP contribution in [0.2, 0.25) is 0 Å². The van der Waals surface area contributed by atoms with Gasteiger partial charge >= 0.3 is 0 Å². The standard InChI is InChI=1S/C20H27NO2/c1-15(2)14-23-19-9-6-18(7-10-19)21-11-12-22-20-8-5-16(3)17(4)13-20/h5-10,13,15,21H,11-12,14H2,1-4H3. The highest BCUT2D eigenvalue weighted by Crippen LogP contribution is 2.17. The van der Waals surface area contributed by atoms with E-state index in [9.17, 15) is 0 Å². The van der Waals surface area contributed by atoms with Crippen molar-refractivity contribution in [2.24, 2.45) is 5.92 Å². The van der Waals surface area contributed by atoms with Crippen molar-refractivity contribution in [3.63, 3.8) is 0 Å². The van der Waals surface area contributed by atoms with Crippen molar-refractivity contribution < 1.29 is 9.47 Å². The topological polar surface area (TPSA) is 30.5 Å². The SMILES string of the molecule is Cc1ccc(OCCNc2ccc(OCC(C)C)cc2)cc1C. The number of ether oxygens (including phenoxy) is 2. The minimum atomic E-state index is 0.537. The highest BCUT2D eigenvalue weighted by molar-refractivity contribution is 5.46. The molecule has 0 saturated heterocycles. The van der Waals surface area contributed by atoms with Crippen LogP contribution in [0.25, 0.3) is 0 Å². The third-order valence-electron chi connectivity index (χ3n) is 3.62. The maximum absolute atomic E-state index is 5.76. The fraction of sp³-hybridized carbons (Fsp3) is 0.400. The van der Waals surface area contributed by atoms with E-state index in [1.165, 1.54) is 11.1 Å². The van der Waals surface area contributed by atoms with Gasteiger partial charge in [0, 0.05) is 12.2 Å². The van der Waals surface area contributed by atoms with E-state index >= 15 is 0 Å². The van der Waals surface area contributed by atoms with Crippen LogP contribution in [-0.2, 0) is 0 Å². The van der Waals surface area contributed by atoms with Gasteiger partial charge in [-0.1, -0.05) is 19.9 Å². The normalized spacial score (nSPS) is 10.7. The van der Waals surface area contributed by atoms with Crippen molar-refractivity contribution in [2.45, 2.75) is 27.7 Å². The van der Waals surface area contributed by atoms with Gasteiger partial charge in [0.2, 0.25) is 0 Å². The van der Waals surface area contributed by atoms with E-state index in [2.05, 4.69) is 45.1 Å². The number of benzene rings is 2. The number of hydrogen-bond donors (Lipinski definition) is 1. The molecule has 1 N–H and O–H groups in total. The van der Waals surface area contributed by atoms with E-state index in [4.69, 9.17) is 9.47 Å². The van der Waals surface area contributed by atoms with Crippen LogP contribution in [-0.4, -0.2) is 19.8 Å². The molecule has 0 fully saturated rings. The molecule has 124 valence electrons. The molecule has 2 rings (SSSR count). The van der Waals surface area contributed by atoms with Crippen molar-refractivity contribution in [3.05, 3.63) is 53.6 Å². The van der Waals surface area contributed by atoms with Gasteiger partial charge in [-0.05, 0) is 67.3 Å². The summed E-state index contributed by atoms with van der Waals surface area (Å²) in [5.74, 6) is 2.37. The lowest BCUT2D eigenvalue weighted by molar-refractivity contribution is 0.271. The number of rotatable bonds is 8. The monoisotopic (exact) mass is 313 g/mol. The Labute approximate surface area is 139 Å². The molecular weight excluding hydrogens is 286 g/mol. The maximum atomic E-state index is 5.76. The van der Waals surface area contributed by atoms with E-state index in [1.807, 2.05) is 30.3 Å². The Morgan fingerprint density at radius 3 is 2.22 bits per heavy atom. The molecule has 0 radical (unpaired) electrons. The summed E-state index contributed by atoms with van der Waals surface area (Å²) in [5, 5.41) is 3.35. The van der Waals surface area contributed by atoms with Gasteiger partial charge in [-0.15, -0.1) is 0 Å². The lowest BCUT2D eigenvalue weighted by Gasteiger charge is -2.11. The summed E-state index contributed by atoms with van der Waals surface area (Å²) < 4.78 is 11.4. The lowest BCUT2D eigenvalue weighted by Crippen LogP contribution is -2.11. The van der Waals surface area contributed by atoms with Gasteiger partial charge in [-0.3, -0.25) is 0 Å². The van der Waals surface area contributed by atoms with E-state index in [0.717, 1.165) is 30.3 Å². The predicted molar refractivity (Wildman–Crippen MR) is 96.7 cm³/mol. The fourth-order valence-corrected chi connectivity index (χ4v) is 2.10. The Kier molecular flexibility index (Phi) is 6.33. The van der Waals surface area contributed by atoms with Crippen LogP contribution < -0.4 is 14.8 Å². The van der Waals surface area contributed by atoms with Crippen molar-refractivity contribution in [3.8, 4) is 11.5 Å². The number of aryl methyl sites for hydroxylation is 2. The minimum Gasteiger partial charge on any atom is -0.493 e. The first-order valence-corrected chi connectivity index (χ1v) is 8.21. The number of anilines is 1. The fourth-order valence-electron chi connectivity index (χ4n) is 2.10. The van der Waals surface area contributed by atoms with Crippen LogP contribution in [0.5, 0.6) is 11.5 Å². The van der Waals surface area contributed by atoms with Crippen LogP contribution in [0.15, 0.2) is 42.5 Å². The third kappa shape index (κ3) is 5.85. The van der Waals surface area contributed by atoms with E-state index in [-0.39, 0.29) is 0 Å². The molecule has 0 aliphatic heterocycles. The molecule has 0 spiro atoms. The van der Waals surface area contributed by atoms with Crippen molar-refractivity contribution in [1.29, 1.82) is 0 Å². The molecule has 0 aromatic heterocycles. The molecule has 0 aliphatic carbocycles. The minimum absolute atomic E-state index is 0.537. The molecule has 0 atom stereocenters. The first-order chi connectivity index (χ1) is 11.0. The van der Waals surface area contributed by atoms with Crippen molar-refractivity contribution >= 4 is 5.69 Å². The van der Waals surface area contributed by atoms with Gasteiger partial charge in [0.15, 0.2) is 0 Å². The zero-order valence-corrected chi connectivity index (χ0v) is 14.6. The molecule has 2 aromatic carbocycles. The first-order valence-electron chi connectivity index (χ1n) is 8.21. The molecule has 0 amide bonds. The van der Waals surface area contributed by atoms with Gasteiger partial charge < -0.3 is 14.8 Å². The third-order valence-corrected chi connectivity index (χ3v) is 3.62. The molecule has 0 heterocycles. The average Bonchev–Trinajstić information content (AvgIpc) is 2.54. The van der Waals surface area contributed by atoms with Crippen LogP contribution >= 0.6 is 0 Å². The smallest absolute Gasteiger partial charge is 0.119 e. The Morgan fingerprint density at radius 2 is 1.57 bits per heavy atom. The molecule has 3 heteroatoms. The van der Waals surface area contributed by atoms with Gasteiger partial charge in [-0.25, -0.2) is 0 Å². The van der Waals surface area contributed by atoms with E-state index < -0.39 is 0 Å². The van der Waals surface area contributed by atoms with Crippen LogP contribution in [0.4, 0.5) is 5.69 Å². The maximum Gasteiger partial charge on any atom is 0.119 e. The highest BCUT2D eigenvalue weighted by atomic mass is 16.5. The summed E-state index contributed by atoms with van der Waals surface area (Å²) >= 11 is 0. The Balaban J connectivity index is 1.72. The van der Waals surface area contributed by atoms with Crippen molar-refractivity contribution in [2.75, 3.05) is 25.1 Å². The zero-order chi connectivity index (χ0) is 16.7. The molecule has 2 aromatic rings. The molecular formula is C20H27NO2. The second-order valence-electron chi connectivity index (χ2n) is 6.25. The largest absolute Gasteiger partial charge is 0.493 e. The average molecular weight is 313 g/mol. The second kappa shape index (κ2) is 8.47. The van der Waals surface area contributed by atoms with Crippen LogP contribution in [0.3, 0.4) is 0 Å². The Morgan fingerprint density at radius 1 is 0.870 bits per heavy atom. The summed E-state index contributed by atoms with van der Waals surface area (Å²) in [5.41, 5.74) is 3.62. The summed E-state index contributed by atoms with van der Waals surface area (Å²) in [6.45, 7) is 10.6. The molecule has 0 saturated carbocycles. The molecule has 0 bridgehead atoms. The van der Waals surface area contributed by atoms with Gasteiger partial charge in [0.25, 0.3) is 0 Å². The number of hydrogen-bond acceptors (Lipinski definition) is 3. The molecule has 0 aliphatic rings. The second-order valence-corrected chi connectivity index (χ2v) is 6.25. The molecule has 0 unspecified atom stereocenters. The van der Waals surface area contributed by atoms with Crippen molar-refractivity contribution in [1.82, 2.24) is 0 Å². The molecule has 23 heavy (non-hydrogen) atoms. The summed E-state index contributed by atoms with van der Waals surface area (Å²) in [6.07, 6.45) is 0.